The third-order valence-corrected chi connectivity index (χ3v) is 4.68. The molecule has 1 amide bonds. The van der Waals surface area contributed by atoms with E-state index in [9.17, 15) is 22.4 Å². The molecule has 1 saturated heterocycles. The Balaban J connectivity index is 1.62. The Hall–Kier alpha value is -3.19. The number of carbonyl (C=O) groups excluding carboxylic acids is 1. The van der Waals surface area contributed by atoms with E-state index in [1.54, 1.807) is 6.92 Å². The molecule has 1 atom stereocenters. The normalized spacial score (nSPS) is 17.5. The fraction of sp³-hybridized carbons (Fsp3) is 0.350. The van der Waals surface area contributed by atoms with Crippen LogP contribution in [-0.2, 0) is 12.7 Å². The number of nitriles is 1. The van der Waals surface area contributed by atoms with Gasteiger partial charge in [0.2, 0.25) is 0 Å². The Kier molecular flexibility index (Phi) is 6.22. The lowest BCUT2D eigenvalue weighted by Gasteiger charge is -2.39. The van der Waals surface area contributed by atoms with Gasteiger partial charge in [-0.25, -0.2) is 9.18 Å². The first-order valence-corrected chi connectivity index (χ1v) is 9.08. The maximum atomic E-state index is 13.6. The number of amides is 1. The molecule has 30 heavy (non-hydrogen) atoms. The number of carbonyl (C=O) groups is 1. The molecule has 0 bridgehead atoms. The van der Waals surface area contributed by atoms with Gasteiger partial charge in [0, 0.05) is 44.5 Å². The van der Waals surface area contributed by atoms with Gasteiger partial charge in [-0.3, -0.25) is 9.88 Å². The van der Waals surface area contributed by atoms with Crippen molar-refractivity contribution in [2.75, 3.05) is 19.6 Å². The van der Waals surface area contributed by atoms with E-state index in [0.29, 0.717) is 19.2 Å². The van der Waals surface area contributed by atoms with Crippen LogP contribution in [-0.4, -0.2) is 46.6 Å². The van der Waals surface area contributed by atoms with Crippen LogP contribution in [0.1, 0.15) is 23.6 Å². The number of ether oxygens (including phenoxy) is 1. The molecular weight excluding hydrogens is 404 g/mol. The predicted octanol–water partition coefficient (Wildman–Crippen LogP) is 3.82. The lowest BCUT2D eigenvalue weighted by Crippen LogP contribution is -2.54. The van der Waals surface area contributed by atoms with Gasteiger partial charge in [0.1, 0.15) is 11.9 Å². The van der Waals surface area contributed by atoms with Crippen LogP contribution in [0.3, 0.4) is 0 Å². The summed E-state index contributed by atoms with van der Waals surface area (Å²) in [4.78, 5) is 19.6. The minimum atomic E-state index is -4.62. The van der Waals surface area contributed by atoms with Gasteiger partial charge < -0.3 is 9.64 Å². The van der Waals surface area contributed by atoms with Crippen LogP contribution < -0.4 is 4.74 Å². The number of nitrogens with zero attached hydrogens (tertiary/aromatic N) is 4. The van der Waals surface area contributed by atoms with E-state index in [1.807, 2.05) is 11.0 Å². The number of hydrogen-bond acceptors (Lipinski definition) is 5. The molecule has 1 aliphatic rings. The first-order chi connectivity index (χ1) is 14.2. The smallest absolute Gasteiger partial charge is 0.408 e. The molecule has 2 aromatic rings. The molecule has 3 rings (SSSR count). The van der Waals surface area contributed by atoms with Gasteiger partial charge in [-0.1, -0.05) is 0 Å². The number of halogens is 4. The number of benzene rings is 1. The first-order valence-electron chi connectivity index (χ1n) is 9.08. The molecule has 2 heterocycles. The Morgan fingerprint density at radius 3 is 2.70 bits per heavy atom. The number of pyridine rings is 1. The van der Waals surface area contributed by atoms with Gasteiger partial charge in [0.25, 0.3) is 0 Å². The highest BCUT2D eigenvalue weighted by Crippen LogP contribution is 2.31. The van der Waals surface area contributed by atoms with Crippen LogP contribution >= 0.6 is 0 Å². The van der Waals surface area contributed by atoms with Crippen molar-refractivity contribution >= 4 is 6.09 Å². The summed E-state index contributed by atoms with van der Waals surface area (Å²) >= 11 is 0. The van der Waals surface area contributed by atoms with Crippen molar-refractivity contribution in [3.8, 4) is 11.8 Å². The summed E-state index contributed by atoms with van der Waals surface area (Å²) in [5.74, 6) is -0.795. The number of alkyl halides is 3. The first kappa shape index (κ1) is 21.5. The van der Waals surface area contributed by atoms with Gasteiger partial charge in [-0.15, -0.1) is 0 Å². The third kappa shape index (κ3) is 5.24. The quantitative estimate of drug-likeness (QED) is 0.704. The van der Waals surface area contributed by atoms with Crippen LogP contribution in [0, 0.1) is 17.1 Å². The summed E-state index contributed by atoms with van der Waals surface area (Å²) in [6.45, 7) is 2.95. The molecule has 6 nitrogen and oxygen atoms in total. The molecule has 0 spiro atoms. The monoisotopic (exact) mass is 422 g/mol. The summed E-state index contributed by atoms with van der Waals surface area (Å²) in [6.07, 6.45) is -2.56. The standard InChI is InChI=1S/C20H18F4N4O2/c1-13-11-27(12-14-4-16(20(22,23)24)7-17(21)5-14)2-3-28(13)19(29)30-18-6-15(8-25)9-26-10-18/h4-7,9-10,13H,2-3,11-12H2,1H3/t13-/m1/s1. The van der Waals surface area contributed by atoms with Gasteiger partial charge in [-0.2, -0.15) is 18.4 Å². The van der Waals surface area contributed by atoms with E-state index < -0.39 is 23.7 Å². The van der Waals surface area contributed by atoms with E-state index in [1.165, 1.54) is 23.4 Å². The minimum Gasteiger partial charge on any atom is -0.408 e. The Labute approximate surface area is 170 Å². The van der Waals surface area contributed by atoms with E-state index in [-0.39, 0.29) is 36.0 Å². The molecule has 1 aromatic carbocycles. The van der Waals surface area contributed by atoms with Crippen LogP contribution in [0.25, 0.3) is 0 Å². The fourth-order valence-electron chi connectivity index (χ4n) is 3.31. The number of hydrogen-bond donors (Lipinski definition) is 0. The molecule has 0 unspecified atom stereocenters. The highest BCUT2D eigenvalue weighted by Gasteiger charge is 2.32. The van der Waals surface area contributed by atoms with E-state index in [4.69, 9.17) is 10.00 Å². The summed E-state index contributed by atoms with van der Waals surface area (Å²) in [5.41, 5.74) is -0.558. The second kappa shape index (κ2) is 8.67. The summed E-state index contributed by atoms with van der Waals surface area (Å²) in [6, 6.07) is 5.50. The van der Waals surface area contributed by atoms with E-state index >= 15 is 0 Å². The Bertz CT molecular complexity index is 974. The lowest BCUT2D eigenvalue weighted by atomic mass is 10.1. The van der Waals surface area contributed by atoms with Crippen molar-refractivity contribution in [3.63, 3.8) is 0 Å². The van der Waals surface area contributed by atoms with Gasteiger partial charge in [0.15, 0.2) is 5.75 Å². The minimum absolute atomic E-state index is 0.127. The van der Waals surface area contributed by atoms with Crippen molar-refractivity contribution in [3.05, 3.63) is 59.2 Å². The number of piperazine rings is 1. The number of rotatable bonds is 3. The molecule has 0 aliphatic carbocycles. The zero-order chi connectivity index (χ0) is 21.9. The largest absolute Gasteiger partial charge is 0.416 e. The summed E-state index contributed by atoms with van der Waals surface area (Å²) < 4.78 is 57.6. The van der Waals surface area contributed by atoms with Crippen LogP contribution in [0.2, 0.25) is 0 Å². The van der Waals surface area contributed by atoms with Crippen molar-refractivity contribution in [2.24, 2.45) is 0 Å². The van der Waals surface area contributed by atoms with Crippen LogP contribution in [0.4, 0.5) is 22.4 Å². The van der Waals surface area contributed by atoms with Crippen molar-refractivity contribution in [1.29, 1.82) is 5.26 Å². The lowest BCUT2D eigenvalue weighted by molar-refractivity contribution is -0.137. The molecular formula is C20H18F4N4O2. The van der Waals surface area contributed by atoms with Gasteiger partial charge in [0.05, 0.1) is 17.3 Å². The van der Waals surface area contributed by atoms with Crippen molar-refractivity contribution in [1.82, 2.24) is 14.8 Å². The number of aromatic nitrogens is 1. The van der Waals surface area contributed by atoms with Crippen molar-refractivity contribution in [2.45, 2.75) is 25.7 Å². The van der Waals surface area contributed by atoms with Crippen LogP contribution in [0.5, 0.6) is 5.75 Å². The van der Waals surface area contributed by atoms with Crippen LogP contribution in [0.15, 0.2) is 36.7 Å². The Morgan fingerprint density at radius 1 is 1.27 bits per heavy atom. The SMILES string of the molecule is C[C@@H]1CN(Cc2cc(F)cc(C(F)(F)F)c2)CCN1C(=O)Oc1cncc(C#N)c1. The van der Waals surface area contributed by atoms with E-state index in [0.717, 1.165) is 12.1 Å². The Morgan fingerprint density at radius 2 is 2.03 bits per heavy atom. The zero-order valence-electron chi connectivity index (χ0n) is 16.0. The zero-order valence-corrected chi connectivity index (χ0v) is 16.0. The topological polar surface area (TPSA) is 69.5 Å². The summed E-state index contributed by atoms with van der Waals surface area (Å²) in [5, 5.41) is 8.88. The molecule has 1 aromatic heterocycles. The van der Waals surface area contributed by atoms with Crippen molar-refractivity contribution < 1.29 is 27.1 Å². The molecule has 0 N–H and O–H groups in total. The molecule has 0 radical (unpaired) electrons. The molecule has 158 valence electrons. The highest BCUT2D eigenvalue weighted by atomic mass is 19.4. The molecule has 0 saturated carbocycles. The maximum absolute atomic E-state index is 13.6. The average Bonchev–Trinajstić information content (AvgIpc) is 2.67. The van der Waals surface area contributed by atoms with Gasteiger partial charge >= 0.3 is 12.3 Å². The highest BCUT2D eigenvalue weighted by molar-refractivity contribution is 5.71. The van der Waals surface area contributed by atoms with Gasteiger partial charge in [-0.05, 0) is 30.7 Å². The molecule has 1 fully saturated rings. The summed E-state index contributed by atoms with van der Waals surface area (Å²) in [7, 11) is 0. The molecule has 10 heteroatoms. The van der Waals surface area contributed by atoms with E-state index in [2.05, 4.69) is 4.98 Å². The average molecular weight is 422 g/mol. The fourth-order valence-corrected chi connectivity index (χ4v) is 3.31. The maximum Gasteiger partial charge on any atom is 0.416 e. The third-order valence-electron chi connectivity index (χ3n) is 4.68. The predicted molar refractivity (Wildman–Crippen MR) is 97.8 cm³/mol. The second-order valence-corrected chi connectivity index (χ2v) is 7.01. The second-order valence-electron chi connectivity index (χ2n) is 7.01. The molecule has 1 aliphatic heterocycles.